The molecule has 4 heterocycles. The second-order valence-electron chi connectivity index (χ2n) is 6.24. The molecule has 0 bridgehead atoms. The molecule has 126 valence electrons. The molecule has 1 aliphatic rings. The van der Waals surface area contributed by atoms with Crippen molar-refractivity contribution in [3.05, 3.63) is 55.6 Å². The maximum absolute atomic E-state index is 11.7. The average molecular weight is 333 g/mol. The number of H-pyrrole nitrogens is 1. The van der Waals surface area contributed by atoms with Crippen LogP contribution in [0, 0.1) is 0 Å². The Labute approximate surface area is 145 Å². The number of hydrogen-bond acceptors (Lipinski definition) is 4. The minimum absolute atomic E-state index is 0.0381. The van der Waals surface area contributed by atoms with E-state index in [1.807, 2.05) is 31.6 Å². The van der Waals surface area contributed by atoms with Gasteiger partial charge < -0.3 is 14.8 Å². The Morgan fingerprint density at radius 1 is 1.40 bits per heavy atom. The molecule has 1 amide bonds. The zero-order valence-electron chi connectivity index (χ0n) is 14.0. The lowest BCUT2D eigenvalue weighted by Crippen LogP contribution is -2.59. The van der Waals surface area contributed by atoms with E-state index in [1.54, 1.807) is 17.3 Å². The fourth-order valence-electron chi connectivity index (χ4n) is 3.17. The standard InChI is InChI=1S/C19H19N5O/c1-3-18(25)23(2)15-11-24(12-15)14-8-16-17(10-22-19(16)21-9-14)13-4-6-20-7-5-13/h3-10,15H,1,11-12H2,2H3,(H,21,22). The lowest BCUT2D eigenvalue weighted by atomic mass is 10.0. The Morgan fingerprint density at radius 3 is 2.88 bits per heavy atom. The minimum atomic E-state index is -0.0381. The summed E-state index contributed by atoms with van der Waals surface area (Å²) in [6.45, 7) is 5.15. The Morgan fingerprint density at radius 2 is 2.16 bits per heavy atom. The van der Waals surface area contributed by atoms with Crippen molar-refractivity contribution in [2.45, 2.75) is 6.04 Å². The number of likely N-dealkylation sites (N-methyl/N-ethyl adjacent to an activating group) is 1. The third-order valence-electron chi connectivity index (χ3n) is 4.81. The van der Waals surface area contributed by atoms with Crippen LogP contribution in [-0.4, -0.2) is 51.9 Å². The van der Waals surface area contributed by atoms with Crippen molar-refractivity contribution in [3.63, 3.8) is 0 Å². The number of aromatic nitrogens is 3. The van der Waals surface area contributed by atoms with Gasteiger partial charge in [-0.05, 0) is 29.8 Å². The first kappa shape index (κ1) is 15.4. The first-order valence-electron chi connectivity index (χ1n) is 8.19. The van der Waals surface area contributed by atoms with Gasteiger partial charge in [0.05, 0.1) is 17.9 Å². The van der Waals surface area contributed by atoms with Crippen LogP contribution in [0.4, 0.5) is 5.69 Å². The summed E-state index contributed by atoms with van der Waals surface area (Å²) in [6, 6.07) is 6.35. The average Bonchev–Trinajstić information content (AvgIpc) is 3.03. The van der Waals surface area contributed by atoms with E-state index in [-0.39, 0.29) is 11.9 Å². The maximum Gasteiger partial charge on any atom is 0.246 e. The molecule has 0 unspecified atom stereocenters. The number of rotatable bonds is 4. The molecule has 0 aliphatic carbocycles. The van der Waals surface area contributed by atoms with Crippen molar-refractivity contribution < 1.29 is 4.79 Å². The predicted octanol–water partition coefficient (Wildman–Crippen LogP) is 2.46. The molecule has 0 saturated carbocycles. The van der Waals surface area contributed by atoms with Crippen LogP contribution in [0.15, 0.2) is 55.6 Å². The van der Waals surface area contributed by atoms with Crippen LogP contribution in [0.2, 0.25) is 0 Å². The van der Waals surface area contributed by atoms with Crippen LogP contribution in [0.5, 0.6) is 0 Å². The zero-order chi connectivity index (χ0) is 17.4. The molecular formula is C19H19N5O. The molecule has 0 aromatic carbocycles. The van der Waals surface area contributed by atoms with Crippen molar-refractivity contribution in [2.75, 3.05) is 25.0 Å². The van der Waals surface area contributed by atoms with Crippen molar-refractivity contribution in [3.8, 4) is 11.1 Å². The summed E-state index contributed by atoms with van der Waals surface area (Å²) in [6.07, 6.45) is 8.79. The van der Waals surface area contributed by atoms with Crippen LogP contribution < -0.4 is 4.90 Å². The molecule has 6 heteroatoms. The Hall–Kier alpha value is -3.15. The van der Waals surface area contributed by atoms with Gasteiger partial charge in [-0.2, -0.15) is 0 Å². The zero-order valence-corrected chi connectivity index (χ0v) is 14.0. The molecular weight excluding hydrogens is 314 g/mol. The first-order valence-corrected chi connectivity index (χ1v) is 8.19. The van der Waals surface area contributed by atoms with Crippen LogP contribution in [0.1, 0.15) is 0 Å². The van der Waals surface area contributed by atoms with E-state index in [1.165, 1.54) is 6.08 Å². The molecule has 0 radical (unpaired) electrons. The van der Waals surface area contributed by atoms with Crippen molar-refractivity contribution in [1.82, 2.24) is 19.9 Å². The molecule has 3 aromatic rings. The summed E-state index contributed by atoms with van der Waals surface area (Å²) >= 11 is 0. The van der Waals surface area contributed by atoms with Crippen LogP contribution in [-0.2, 0) is 4.79 Å². The van der Waals surface area contributed by atoms with Crippen molar-refractivity contribution >= 4 is 22.6 Å². The van der Waals surface area contributed by atoms with Gasteiger partial charge in [0.25, 0.3) is 0 Å². The number of amides is 1. The van der Waals surface area contributed by atoms with Crippen molar-refractivity contribution in [2.24, 2.45) is 0 Å². The van der Waals surface area contributed by atoms with E-state index in [0.717, 1.165) is 40.9 Å². The van der Waals surface area contributed by atoms with E-state index in [0.29, 0.717) is 0 Å². The van der Waals surface area contributed by atoms with E-state index in [2.05, 4.69) is 32.5 Å². The van der Waals surface area contributed by atoms with Gasteiger partial charge in [-0.25, -0.2) is 4.98 Å². The monoisotopic (exact) mass is 333 g/mol. The van der Waals surface area contributed by atoms with Gasteiger partial charge >= 0.3 is 0 Å². The Balaban J connectivity index is 1.58. The van der Waals surface area contributed by atoms with Crippen molar-refractivity contribution in [1.29, 1.82) is 0 Å². The van der Waals surface area contributed by atoms with Crippen LogP contribution in [0.25, 0.3) is 22.2 Å². The largest absolute Gasteiger partial charge is 0.366 e. The molecule has 1 aliphatic heterocycles. The van der Waals surface area contributed by atoms with E-state index in [9.17, 15) is 4.79 Å². The second-order valence-corrected chi connectivity index (χ2v) is 6.24. The van der Waals surface area contributed by atoms with Gasteiger partial charge in [0.2, 0.25) is 5.91 Å². The summed E-state index contributed by atoms with van der Waals surface area (Å²) < 4.78 is 0. The summed E-state index contributed by atoms with van der Waals surface area (Å²) in [5.41, 5.74) is 4.16. The van der Waals surface area contributed by atoms with Gasteiger partial charge in [-0.15, -0.1) is 0 Å². The smallest absolute Gasteiger partial charge is 0.246 e. The third-order valence-corrected chi connectivity index (χ3v) is 4.81. The number of fused-ring (bicyclic) bond motifs is 1. The highest BCUT2D eigenvalue weighted by molar-refractivity contribution is 5.95. The molecule has 0 atom stereocenters. The van der Waals surface area contributed by atoms with Gasteiger partial charge in [-0.1, -0.05) is 6.58 Å². The summed E-state index contributed by atoms with van der Waals surface area (Å²) in [5, 5.41) is 1.09. The summed E-state index contributed by atoms with van der Waals surface area (Å²) in [4.78, 5) is 27.5. The molecule has 3 aromatic heterocycles. The SMILES string of the molecule is C=CC(=O)N(C)C1CN(c2cnc3[nH]cc(-c4ccncc4)c3c2)C1. The molecule has 1 N–H and O–H groups in total. The predicted molar refractivity (Wildman–Crippen MR) is 98.3 cm³/mol. The molecule has 1 saturated heterocycles. The highest BCUT2D eigenvalue weighted by atomic mass is 16.2. The Kier molecular flexibility index (Phi) is 3.72. The first-order chi connectivity index (χ1) is 12.2. The number of carbonyl (C=O) groups excluding carboxylic acids is 1. The van der Waals surface area contributed by atoms with E-state index in [4.69, 9.17) is 0 Å². The van der Waals surface area contributed by atoms with E-state index >= 15 is 0 Å². The number of aromatic amines is 1. The number of anilines is 1. The molecule has 25 heavy (non-hydrogen) atoms. The number of nitrogens with one attached hydrogen (secondary N) is 1. The minimum Gasteiger partial charge on any atom is -0.366 e. The maximum atomic E-state index is 11.7. The van der Waals surface area contributed by atoms with Gasteiger partial charge in [-0.3, -0.25) is 9.78 Å². The van der Waals surface area contributed by atoms with Crippen LogP contribution in [0.3, 0.4) is 0 Å². The normalized spacial score (nSPS) is 14.4. The highest BCUT2D eigenvalue weighted by Crippen LogP contribution is 2.31. The molecule has 4 rings (SSSR count). The number of nitrogens with zero attached hydrogens (tertiary/aromatic N) is 4. The quantitative estimate of drug-likeness (QED) is 0.745. The lowest BCUT2D eigenvalue weighted by molar-refractivity contribution is -0.127. The highest BCUT2D eigenvalue weighted by Gasteiger charge is 2.32. The summed E-state index contributed by atoms with van der Waals surface area (Å²) in [7, 11) is 1.82. The second kappa shape index (κ2) is 6.05. The van der Waals surface area contributed by atoms with Gasteiger partial charge in [0, 0.05) is 49.7 Å². The van der Waals surface area contributed by atoms with Crippen LogP contribution >= 0.6 is 0 Å². The van der Waals surface area contributed by atoms with Gasteiger partial charge in [0.15, 0.2) is 0 Å². The van der Waals surface area contributed by atoms with Gasteiger partial charge in [0.1, 0.15) is 5.65 Å². The Bertz CT molecular complexity index is 927. The number of carbonyl (C=O) groups is 1. The summed E-state index contributed by atoms with van der Waals surface area (Å²) in [5.74, 6) is -0.0381. The van der Waals surface area contributed by atoms with E-state index < -0.39 is 0 Å². The molecule has 1 fully saturated rings. The lowest BCUT2D eigenvalue weighted by Gasteiger charge is -2.45. The topological polar surface area (TPSA) is 65.1 Å². The molecule has 6 nitrogen and oxygen atoms in total. The third kappa shape index (κ3) is 2.65. The fourth-order valence-corrected chi connectivity index (χ4v) is 3.17. The number of pyridine rings is 2. The number of hydrogen-bond donors (Lipinski definition) is 1. The fraction of sp³-hybridized carbons (Fsp3) is 0.211. The molecule has 0 spiro atoms.